The zero-order valence-electron chi connectivity index (χ0n) is 20.6. The zero-order valence-corrected chi connectivity index (χ0v) is 21.4. The molecule has 1 aromatic heterocycles. The number of nitrogens with zero attached hydrogens (tertiary/aromatic N) is 2. The average Bonchev–Trinajstić information content (AvgIpc) is 3.50. The summed E-state index contributed by atoms with van der Waals surface area (Å²) >= 11 is 1.35. The number of anilines is 1. The highest BCUT2D eigenvalue weighted by molar-refractivity contribution is 7.13. The number of carbonyl (C=O) groups excluding carboxylic acids is 2. The summed E-state index contributed by atoms with van der Waals surface area (Å²) < 4.78 is 15.8. The lowest BCUT2D eigenvalue weighted by Crippen LogP contribution is -2.15. The van der Waals surface area contributed by atoms with Gasteiger partial charge in [0.1, 0.15) is 12.4 Å². The number of hydrogen-bond donors (Lipinski definition) is 1. The molecule has 192 valence electrons. The van der Waals surface area contributed by atoms with E-state index < -0.39 is 6.16 Å². The van der Waals surface area contributed by atoms with Gasteiger partial charge in [0.2, 0.25) is 5.13 Å². The molecule has 9 heteroatoms. The van der Waals surface area contributed by atoms with Crippen LogP contribution in [0.2, 0.25) is 0 Å². The van der Waals surface area contributed by atoms with E-state index in [9.17, 15) is 9.59 Å². The summed E-state index contributed by atoms with van der Waals surface area (Å²) in [4.78, 5) is 28.3. The highest BCUT2D eigenvalue weighted by Gasteiger charge is 2.29. The van der Waals surface area contributed by atoms with Crippen molar-refractivity contribution in [2.75, 3.05) is 18.6 Å². The Bertz CT molecular complexity index is 1420. The van der Waals surface area contributed by atoms with Gasteiger partial charge >= 0.3 is 12.1 Å². The lowest BCUT2D eigenvalue weighted by atomic mass is 9.98. The van der Waals surface area contributed by atoms with Crippen LogP contribution in [0.15, 0.2) is 83.3 Å². The number of hydrazone groups is 1. The molecule has 4 aromatic rings. The van der Waals surface area contributed by atoms with Gasteiger partial charge in [0, 0.05) is 11.3 Å². The first-order valence-electron chi connectivity index (χ1n) is 12.1. The molecule has 38 heavy (non-hydrogen) atoms. The zero-order chi connectivity index (χ0) is 26.3. The summed E-state index contributed by atoms with van der Waals surface area (Å²) in [6.07, 6.45) is 0.988. The number of thiazole rings is 1. The maximum Gasteiger partial charge on any atom is 0.513 e. The maximum atomic E-state index is 12.4. The van der Waals surface area contributed by atoms with Crippen LogP contribution in [-0.4, -0.2) is 36.5 Å². The third-order valence-corrected chi connectivity index (χ3v) is 6.76. The molecule has 1 heterocycles. The van der Waals surface area contributed by atoms with E-state index in [-0.39, 0.29) is 24.9 Å². The number of rotatable bonds is 9. The lowest BCUT2D eigenvalue weighted by molar-refractivity contribution is -0.142. The van der Waals surface area contributed by atoms with Gasteiger partial charge in [-0.3, -0.25) is 10.2 Å². The molecular weight excluding hydrogens is 502 g/mol. The molecule has 0 bridgehead atoms. The van der Waals surface area contributed by atoms with E-state index in [1.54, 1.807) is 42.8 Å². The molecule has 5 rings (SSSR count). The second-order valence-electron chi connectivity index (χ2n) is 8.45. The van der Waals surface area contributed by atoms with Gasteiger partial charge in [0.25, 0.3) is 0 Å². The molecule has 0 amide bonds. The van der Waals surface area contributed by atoms with Gasteiger partial charge < -0.3 is 14.2 Å². The van der Waals surface area contributed by atoms with E-state index in [0.717, 1.165) is 16.7 Å². The molecule has 1 aliphatic rings. The fourth-order valence-corrected chi connectivity index (χ4v) is 4.96. The van der Waals surface area contributed by atoms with Gasteiger partial charge in [-0.05, 0) is 59.0 Å². The number of hydrogen-bond acceptors (Lipinski definition) is 9. The molecule has 0 saturated carbocycles. The van der Waals surface area contributed by atoms with Crippen molar-refractivity contribution in [2.45, 2.75) is 19.3 Å². The molecule has 0 radical (unpaired) electrons. The molecule has 3 aromatic carbocycles. The minimum atomic E-state index is -0.752. The number of ether oxygens (including phenoxy) is 3. The van der Waals surface area contributed by atoms with Crippen molar-refractivity contribution in [1.82, 2.24) is 4.98 Å². The molecule has 0 saturated heterocycles. The van der Waals surface area contributed by atoms with Crippen LogP contribution in [0.3, 0.4) is 0 Å². The Morgan fingerprint density at radius 1 is 0.974 bits per heavy atom. The van der Waals surface area contributed by atoms with Crippen LogP contribution in [0, 0.1) is 0 Å². The topological polar surface area (TPSA) is 99.1 Å². The molecule has 0 atom stereocenters. The van der Waals surface area contributed by atoms with Crippen molar-refractivity contribution in [3.63, 3.8) is 0 Å². The molecule has 0 fully saturated rings. The summed E-state index contributed by atoms with van der Waals surface area (Å²) in [5.41, 5.74) is 8.89. The summed E-state index contributed by atoms with van der Waals surface area (Å²) in [6, 6.07) is 23.2. The molecule has 1 N–H and O–H groups in total. The Morgan fingerprint density at radius 2 is 1.66 bits per heavy atom. The van der Waals surface area contributed by atoms with Crippen LogP contribution in [0.1, 0.15) is 35.2 Å². The predicted molar refractivity (Wildman–Crippen MR) is 146 cm³/mol. The van der Waals surface area contributed by atoms with E-state index >= 15 is 0 Å². The minimum Gasteiger partial charge on any atom is -0.466 e. The van der Waals surface area contributed by atoms with E-state index in [1.165, 1.54) is 22.5 Å². The van der Waals surface area contributed by atoms with Crippen molar-refractivity contribution in [3.8, 4) is 16.9 Å². The quantitative estimate of drug-likeness (QED) is 0.123. The van der Waals surface area contributed by atoms with Gasteiger partial charge in [-0.25, -0.2) is 9.78 Å². The Kier molecular flexibility index (Phi) is 7.75. The standard InChI is InChI=1S/C29H25N3O5S/c1-2-35-27(33)15-20-18-38-28(31-20)32-30-16-19-11-13-21(14-12-19)37-29(34)36-17-26-24-9-5-3-7-22(24)23-8-4-6-10-25(23)26/h3-14,16,18,26H,2,15,17H2,1H3,(H,31,32). The second-order valence-corrected chi connectivity index (χ2v) is 9.31. The summed E-state index contributed by atoms with van der Waals surface area (Å²) in [6.45, 7) is 2.30. The van der Waals surface area contributed by atoms with Gasteiger partial charge in [0.15, 0.2) is 0 Å². The Labute approximate surface area is 223 Å². The molecule has 8 nitrogen and oxygen atoms in total. The van der Waals surface area contributed by atoms with Gasteiger partial charge in [-0.15, -0.1) is 11.3 Å². The third kappa shape index (κ3) is 5.90. The Morgan fingerprint density at radius 3 is 2.34 bits per heavy atom. The highest BCUT2D eigenvalue weighted by Crippen LogP contribution is 2.44. The van der Waals surface area contributed by atoms with Crippen LogP contribution in [0.4, 0.5) is 9.93 Å². The maximum absolute atomic E-state index is 12.4. The SMILES string of the molecule is CCOC(=O)Cc1csc(NN=Cc2ccc(OC(=O)OCC3c4ccccc4-c4ccccc43)cc2)n1. The summed E-state index contributed by atoms with van der Waals surface area (Å²) in [7, 11) is 0. The van der Waals surface area contributed by atoms with Gasteiger partial charge in [-0.1, -0.05) is 48.5 Å². The molecule has 0 spiro atoms. The molecule has 0 aliphatic heterocycles. The largest absolute Gasteiger partial charge is 0.513 e. The number of aromatic nitrogens is 1. The van der Waals surface area contributed by atoms with E-state index in [4.69, 9.17) is 14.2 Å². The first-order valence-corrected chi connectivity index (χ1v) is 13.0. The molecule has 0 unspecified atom stereocenters. The highest BCUT2D eigenvalue weighted by atomic mass is 32.1. The van der Waals surface area contributed by atoms with Crippen molar-refractivity contribution in [1.29, 1.82) is 0 Å². The number of carbonyl (C=O) groups is 2. The van der Waals surface area contributed by atoms with Crippen molar-refractivity contribution >= 4 is 34.8 Å². The second kappa shape index (κ2) is 11.7. The fraction of sp³-hybridized carbons (Fsp3) is 0.172. The monoisotopic (exact) mass is 527 g/mol. The van der Waals surface area contributed by atoms with Crippen molar-refractivity contribution in [2.24, 2.45) is 5.10 Å². The van der Waals surface area contributed by atoms with E-state index in [1.807, 2.05) is 24.3 Å². The first-order chi connectivity index (χ1) is 18.6. The summed E-state index contributed by atoms with van der Waals surface area (Å²) in [5.74, 6) is 0.0317. The Hall–Kier alpha value is -4.50. The number of fused-ring (bicyclic) bond motifs is 3. The Balaban J connectivity index is 1.11. The predicted octanol–water partition coefficient (Wildman–Crippen LogP) is 6.02. The van der Waals surface area contributed by atoms with Crippen LogP contribution >= 0.6 is 11.3 Å². The van der Waals surface area contributed by atoms with E-state index in [2.05, 4.69) is 39.8 Å². The first kappa shape index (κ1) is 25.2. The number of benzene rings is 3. The normalized spacial score (nSPS) is 12.1. The van der Waals surface area contributed by atoms with Crippen LogP contribution < -0.4 is 10.2 Å². The lowest BCUT2D eigenvalue weighted by Gasteiger charge is -2.14. The van der Waals surface area contributed by atoms with Gasteiger partial charge in [-0.2, -0.15) is 5.10 Å². The van der Waals surface area contributed by atoms with Crippen molar-refractivity contribution in [3.05, 3.63) is 101 Å². The molecule has 1 aliphatic carbocycles. The number of nitrogens with one attached hydrogen (secondary N) is 1. The summed E-state index contributed by atoms with van der Waals surface area (Å²) in [5, 5.41) is 6.51. The fourth-order valence-electron chi connectivity index (χ4n) is 4.30. The van der Waals surface area contributed by atoms with Crippen LogP contribution in [0.25, 0.3) is 11.1 Å². The average molecular weight is 528 g/mol. The van der Waals surface area contributed by atoms with Crippen molar-refractivity contribution < 1.29 is 23.8 Å². The third-order valence-electron chi connectivity index (χ3n) is 5.97. The van der Waals surface area contributed by atoms with Gasteiger partial charge in [0.05, 0.1) is 24.9 Å². The van der Waals surface area contributed by atoms with E-state index in [0.29, 0.717) is 23.2 Å². The molecular formula is C29H25N3O5S. The minimum absolute atomic E-state index is 0.0277. The van der Waals surface area contributed by atoms with Crippen LogP contribution in [-0.2, 0) is 20.7 Å². The number of esters is 1. The van der Waals surface area contributed by atoms with Crippen LogP contribution in [0.5, 0.6) is 5.75 Å². The smallest absolute Gasteiger partial charge is 0.466 e.